The normalized spacial score (nSPS) is 17.2. The van der Waals surface area contributed by atoms with E-state index in [2.05, 4.69) is 22.2 Å². The van der Waals surface area contributed by atoms with Crippen LogP contribution >= 0.6 is 0 Å². The minimum absolute atomic E-state index is 0.0482. The van der Waals surface area contributed by atoms with Crippen molar-refractivity contribution in [1.82, 2.24) is 14.8 Å². The predicted molar refractivity (Wildman–Crippen MR) is 76.4 cm³/mol. The van der Waals surface area contributed by atoms with Crippen molar-refractivity contribution in [1.29, 1.82) is 0 Å². The molecule has 0 aromatic carbocycles. The molecule has 19 heavy (non-hydrogen) atoms. The van der Waals surface area contributed by atoms with Crippen molar-refractivity contribution in [2.24, 2.45) is 0 Å². The largest absolute Gasteiger partial charge is 0.387 e. The summed E-state index contributed by atoms with van der Waals surface area (Å²) in [6, 6.07) is 2.16. The summed E-state index contributed by atoms with van der Waals surface area (Å²) in [5, 5.41) is 3.05. The highest BCUT2D eigenvalue weighted by atomic mass is 16.2. The van der Waals surface area contributed by atoms with Gasteiger partial charge in [0.25, 0.3) is 5.91 Å². The van der Waals surface area contributed by atoms with Gasteiger partial charge in [0.2, 0.25) is 0 Å². The first-order valence-electron chi connectivity index (χ1n) is 6.71. The maximum atomic E-state index is 12.5. The maximum absolute atomic E-state index is 12.5. The number of hydrogen-bond donors (Lipinski definition) is 1. The van der Waals surface area contributed by atoms with E-state index in [4.69, 9.17) is 0 Å². The third-order valence-corrected chi connectivity index (χ3v) is 3.88. The van der Waals surface area contributed by atoms with Gasteiger partial charge >= 0.3 is 0 Å². The van der Waals surface area contributed by atoms with Gasteiger partial charge in [-0.3, -0.25) is 9.78 Å². The quantitative estimate of drug-likeness (QED) is 0.891. The van der Waals surface area contributed by atoms with Gasteiger partial charge in [0.15, 0.2) is 0 Å². The molecule has 0 bridgehead atoms. The maximum Gasteiger partial charge on any atom is 0.257 e. The van der Waals surface area contributed by atoms with Gasteiger partial charge in [0.1, 0.15) is 0 Å². The van der Waals surface area contributed by atoms with Crippen molar-refractivity contribution >= 4 is 11.6 Å². The summed E-state index contributed by atoms with van der Waals surface area (Å²) in [4.78, 5) is 20.8. The van der Waals surface area contributed by atoms with E-state index < -0.39 is 0 Å². The minimum atomic E-state index is 0.0482. The predicted octanol–water partition coefficient (Wildman–Crippen LogP) is 1.29. The summed E-state index contributed by atoms with van der Waals surface area (Å²) < 4.78 is 0. The Kier molecular flexibility index (Phi) is 4.37. The Balaban J connectivity index is 2.10. The average Bonchev–Trinajstić information content (AvgIpc) is 2.46. The minimum Gasteiger partial charge on any atom is -0.387 e. The average molecular weight is 262 g/mol. The van der Waals surface area contributed by atoms with Crippen LogP contribution in [-0.2, 0) is 0 Å². The molecule has 1 aliphatic rings. The Morgan fingerprint density at radius 3 is 2.79 bits per heavy atom. The van der Waals surface area contributed by atoms with Crippen molar-refractivity contribution in [2.45, 2.75) is 18.9 Å². The summed E-state index contributed by atoms with van der Waals surface area (Å²) in [6.07, 6.45) is 5.40. The monoisotopic (exact) mass is 262 g/mol. The van der Waals surface area contributed by atoms with E-state index in [1.165, 1.54) is 0 Å². The van der Waals surface area contributed by atoms with Crippen LogP contribution in [0.2, 0.25) is 0 Å². The Hall–Kier alpha value is -1.62. The molecular formula is C14H22N4O. The molecule has 0 spiro atoms. The molecule has 5 nitrogen and oxygen atoms in total. The molecule has 0 atom stereocenters. The summed E-state index contributed by atoms with van der Waals surface area (Å²) in [5.41, 5.74) is 1.48. The first-order valence-corrected chi connectivity index (χ1v) is 6.71. The van der Waals surface area contributed by atoms with Crippen LogP contribution in [0.3, 0.4) is 0 Å². The SMILES string of the molecule is CNc1ccncc1C(=O)N(C)C1CCN(C)CC1. The van der Waals surface area contributed by atoms with Crippen molar-refractivity contribution in [3.05, 3.63) is 24.0 Å². The molecular weight excluding hydrogens is 240 g/mol. The van der Waals surface area contributed by atoms with E-state index in [0.29, 0.717) is 11.6 Å². The number of anilines is 1. The molecule has 0 unspecified atom stereocenters. The number of likely N-dealkylation sites (tertiary alicyclic amines) is 1. The van der Waals surface area contributed by atoms with Crippen LogP contribution in [0.5, 0.6) is 0 Å². The number of nitrogens with zero attached hydrogens (tertiary/aromatic N) is 3. The summed E-state index contributed by atoms with van der Waals surface area (Å²) >= 11 is 0. The van der Waals surface area contributed by atoms with Crippen LogP contribution in [0.25, 0.3) is 0 Å². The Labute approximate surface area is 114 Å². The third kappa shape index (κ3) is 3.04. The van der Waals surface area contributed by atoms with Gasteiger partial charge < -0.3 is 15.1 Å². The fourth-order valence-electron chi connectivity index (χ4n) is 2.52. The van der Waals surface area contributed by atoms with Gasteiger partial charge in [-0.05, 0) is 39.0 Å². The van der Waals surface area contributed by atoms with Crippen molar-refractivity contribution in [2.75, 3.05) is 39.5 Å². The second-order valence-electron chi connectivity index (χ2n) is 5.12. The lowest BCUT2D eigenvalue weighted by atomic mass is 10.0. The number of nitrogens with one attached hydrogen (secondary N) is 1. The molecule has 0 aliphatic carbocycles. The van der Waals surface area contributed by atoms with E-state index in [0.717, 1.165) is 31.6 Å². The molecule has 2 heterocycles. The standard InChI is InChI=1S/C14H22N4O/c1-15-13-4-7-16-10-12(13)14(19)18(3)11-5-8-17(2)9-6-11/h4,7,10-11H,5-6,8-9H2,1-3H3,(H,15,16). The lowest BCUT2D eigenvalue weighted by Gasteiger charge is -2.35. The molecule has 1 aromatic rings. The summed E-state index contributed by atoms with van der Waals surface area (Å²) in [5.74, 6) is 0.0482. The highest BCUT2D eigenvalue weighted by Crippen LogP contribution is 2.20. The van der Waals surface area contributed by atoms with Crippen LogP contribution in [0.15, 0.2) is 18.5 Å². The van der Waals surface area contributed by atoms with E-state index in [1.807, 2.05) is 25.1 Å². The molecule has 1 fully saturated rings. The molecule has 1 aromatic heterocycles. The third-order valence-electron chi connectivity index (χ3n) is 3.88. The number of carbonyl (C=O) groups excluding carboxylic acids is 1. The summed E-state index contributed by atoms with van der Waals surface area (Å²) in [6.45, 7) is 2.10. The molecule has 1 aliphatic heterocycles. The second-order valence-corrected chi connectivity index (χ2v) is 5.12. The lowest BCUT2D eigenvalue weighted by molar-refractivity contribution is 0.0660. The van der Waals surface area contributed by atoms with Crippen LogP contribution < -0.4 is 5.32 Å². The Morgan fingerprint density at radius 2 is 2.16 bits per heavy atom. The fraction of sp³-hybridized carbons (Fsp3) is 0.571. The van der Waals surface area contributed by atoms with Gasteiger partial charge in [-0.15, -0.1) is 0 Å². The first-order chi connectivity index (χ1) is 9.13. The van der Waals surface area contributed by atoms with E-state index in [9.17, 15) is 4.79 Å². The van der Waals surface area contributed by atoms with Crippen LogP contribution in [0, 0.1) is 0 Å². The highest BCUT2D eigenvalue weighted by Gasteiger charge is 2.25. The number of carbonyl (C=O) groups is 1. The van der Waals surface area contributed by atoms with E-state index in [1.54, 1.807) is 12.4 Å². The van der Waals surface area contributed by atoms with Crippen LogP contribution in [0.4, 0.5) is 5.69 Å². The number of piperidine rings is 1. The number of pyridine rings is 1. The Morgan fingerprint density at radius 1 is 1.47 bits per heavy atom. The lowest BCUT2D eigenvalue weighted by Crippen LogP contribution is -2.44. The van der Waals surface area contributed by atoms with E-state index >= 15 is 0 Å². The zero-order valence-corrected chi connectivity index (χ0v) is 11.9. The second kappa shape index (κ2) is 6.02. The topological polar surface area (TPSA) is 48.5 Å². The highest BCUT2D eigenvalue weighted by molar-refractivity contribution is 5.99. The number of hydrogen-bond acceptors (Lipinski definition) is 4. The molecule has 0 radical (unpaired) electrons. The molecule has 1 saturated heterocycles. The zero-order valence-electron chi connectivity index (χ0n) is 11.9. The summed E-state index contributed by atoms with van der Waals surface area (Å²) in [7, 11) is 5.84. The van der Waals surface area contributed by atoms with Crippen LogP contribution in [0.1, 0.15) is 23.2 Å². The van der Waals surface area contributed by atoms with Gasteiger partial charge in [-0.1, -0.05) is 0 Å². The molecule has 1 amide bonds. The first kappa shape index (κ1) is 13.8. The Bertz CT molecular complexity index is 441. The smallest absolute Gasteiger partial charge is 0.257 e. The number of rotatable bonds is 3. The fourth-order valence-corrected chi connectivity index (χ4v) is 2.52. The van der Waals surface area contributed by atoms with E-state index in [-0.39, 0.29) is 5.91 Å². The van der Waals surface area contributed by atoms with Gasteiger partial charge in [0, 0.05) is 38.2 Å². The van der Waals surface area contributed by atoms with Gasteiger partial charge in [-0.25, -0.2) is 0 Å². The molecule has 2 rings (SSSR count). The molecule has 5 heteroatoms. The van der Waals surface area contributed by atoms with Gasteiger partial charge in [0.05, 0.1) is 5.56 Å². The molecule has 0 saturated carbocycles. The van der Waals surface area contributed by atoms with Crippen molar-refractivity contribution in [3.8, 4) is 0 Å². The molecule has 104 valence electrons. The molecule has 1 N–H and O–H groups in total. The van der Waals surface area contributed by atoms with Gasteiger partial charge in [-0.2, -0.15) is 0 Å². The van der Waals surface area contributed by atoms with Crippen molar-refractivity contribution in [3.63, 3.8) is 0 Å². The van der Waals surface area contributed by atoms with Crippen LogP contribution in [-0.4, -0.2) is 61.0 Å². The number of amides is 1. The number of aromatic nitrogens is 1. The van der Waals surface area contributed by atoms with Crippen molar-refractivity contribution < 1.29 is 4.79 Å². The zero-order chi connectivity index (χ0) is 13.8.